The van der Waals surface area contributed by atoms with Gasteiger partial charge in [-0.05, 0) is 49.7 Å². The summed E-state index contributed by atoms with van der Waals surface area (Å²) >= 11 is 0. The lowest BCUT2D eigenvalue weighted by Gasteiger charge is -2.42. The van der Waals surface area contributed by atoms with E-state index in [2.05, 4.69) is 21.7 Å². The number of rotatable bonds is 6. The predicted octanol–water partition coefficient (Wildman–Crippen LogP) is 3.04. The second-order valence-electron chi connectivity index (χ2n) is 6.54. The summed E-state index contributed by atoms with van der Waals surface area (Å²) in [5.74, 6) is -0.344. The Balaban J connectivity index is 1.64. The predicted molar refractivity (Wildman–Crippen MR) is 102 cm³/mol. The highest BCUT2D eigenvalue weighted by Gasteiger charge is 2.24. The van der Waals surface area contributed by atoms with Crippen molar-refractivity contribution in [3.8, 4) is 5.75 Å². The highest BCUT2D eigenvalue weighted by molar-refractivity contribution is 5.72. The molecule has 0 spiro atoms. The second-order valence-corrected chi connectivity index (χ2v) is 6.54. The minimum Gasteiger partial charge on any atom is -0.479 e. The molecule has 1 saturated heterocycles. The van der Waals surface area contributed by atoms with Crippen molar-refractivity contribution in [3.63, 3.8) is 0 Å². The first-order valence-corrected chi connectivity index (χ1v) is 8.99. The summed E-state index contributed by atoms with van der Waals surface area (Å²) in [6.07, 6.45) is 3.28. The summed E-state index contributed by atoms with van der Waals surface area (Å²) in [6.45, 7) is 6.84. The zero-order chi connectivity index (χ0) is 18.5. The van der Waals surface area contributed by atoms with E-state index < -0.39 is 12.1 Å². The molecule has 6 nitrogen and oxygen atoms in total. The molecule has 1 aromatic carbocycles. The molecule has 0 aliphatic carbocycles. The van der Waals surface area contributed by atoms with Gasteiger partial charge in [0.05, 0.1) is 0 Å². The van der Waals surface area contributed by atoms with Crippen molar-refractivity contribution in [2.24, 2.45) is 0 Å². The normalized spacial score (nSPS) is 18.5. The van der Waals surface area contributed by atoms with Gasteiger partial charge in [0.2, 0.25) is 0 Å². The van der Waals surface area contributed by atoms with Gasteiger partial charge in [-0.25, -0.2) is 4.79 Å². The Morgan fingerprint density at radius 3 is 2.46 bits per heavy atom. The summed E-state index contributed by atoms with van der Waals surface area (Å²) in [6, 6.07) is 12.2. The highest BCUT2D eigenvalue weighted by Crippen LogP contribution is 2.26. The van der Waals surface area contributed by atoms with Crippen molar-refractivity contribution >= 4 is 17.3 Å². The van der Waals surface area contributed by atoms with Crippen LogP contribution in [0, 0.1) is 0 Å². The number of piperazine rings is 1. The monoisotopic (exact) mass is 355 g/mol. The van der Waals surface area contributed by atoms with E-state index in [0.29, 0.717) is 18.2 Å². The maximum atomic E-state index is 11.1. The molecule has 138 valence electrons. The zero-order valence-corrected chi connectivity index (χ0v) is 15.2. The summed E-state index contributed by atoms with van der Waals surface area (Å²) in [4.78, 5) is 19.9. The molecule has 1 aliphatic heterocycles. The molecule has 2 heterocycles. The third-order valence-electron chi connectivity index (χ3n) is 4.75. The van der Waals surface area contributed by atoms with Crippen molar-refractivity contribution in [1.29, 1.82) is 0 Å². The first-order chi connectivity index (χ1) is 12.6. The topological polar surface area (TPSA) is 65.9 Å². The van der Waals surface area contributed by atoms with E-state index in [9.17, 15) is 4.79 Å². The number of aromatic nitrogens is 1. The maximum absolute atomic E-state index is 11.1. The van der Waals surface area contributed by atoms with Crippen LogP contribution < -0.4 is 14.5 Å². The Bertz CT molecular complexity index is 721. The van der Waals surface area contributed by atoms with Crippen molar-refractivity contribution in [1.82, 2.24) is 4.98 Å². The molecule has 1 fully saturated rings. The van der Waals surface area contributed by atoms with E-state index >= 15 is 0 Å². The minimum atomic E-state index is -0.933. The Morgan fingerprint density at radius 2 is 1.88 bits per heavy atom. The van der Waals surface area contributed by atoms with Crippen molar-refractivity contribution in [2.75, 3.05) is 29.4 Å². The number of carboxylic acid groups (broad SMARTS) is 1. The summed E-state index contributed by atoms with van der Waals surface area (Å²) in [5, 5.41) is 9.10. The molecule has 26 heavy (non-hydrogen) atoms. The number of carbonyl (C=O) groups is 1. The molecule has 2 aromatic rings. The van der Waals surface area contributed by atoms with Crippen LogP contribution in [-0.4, -0.2) is 47.8 Å². The number of nitrogens with zero attached hydrogens (tertiary/aromatic N) is 3. The van der Waals surface area contributed by atoms with Crippen LogP contribution in [0.4, 0.5) is 11.4 Å². The molecule has 2 unspecified atom stereocenters. The summed E-state index contributed by atoms with van der Waals surface area (Å²) < 4.78 is 5.54. The summed E-state index contributed by atoms with van der Waals surface area (Å²) in [7, 11) is 0. The van der Waals surface area contributed by atoms with Crippen LogP contribution in [0.1, 0.15) is 20.3 Å². The standard InChI is InChI=1S/C20H25N3O3/c1-3-19(20(24)25)26-18-6-4-17(5-7-18)23-13-12-22(14-15(23)2)16-8-10-21-11-9-16/h4-11,15,19H,3,12-14H2,1-2H3,(H,24,25). The fraction of sp³-hybridized carbons (Fsp3) is 0.400. The molecule has 1 aromatic heterocycles. The van der Waals surface area contributed by atoms with Gasteiger partial charge in [0, 0.05) is 49.4 Å². The minimum absolute atomic E-state index is 0.367. The van der Waals surface area contributed by atoms with E-state index in [-0.39, 0.29) is 0 Å². The van der Waals surface area contributed by atoms with Crippen LogP contribution >= 0.6 is 0 Å². The second kappa shape index (κ2) is 8.08. The number of carboxylic acids is 1. The average molecular weight is 355 g/mol. The number of ether oxygens (including phenoxy) is 1. The van der Waals surface area contributed by atoms with Gasteiger partial charge in [0.25, 0.3) is 0 Å². The summed E-state index contributed by atoms with van der Waals surface area (Å²) in [5.41, 5.74) is 2.33. The molecule has 0 bridgehead atoms. The number of benzene rings is 1. The molecule has 2 atom stereocenters. The highest BCUT2D eigenvalue weighted by atomic mass is 16.5. The van der Waals surface area contributed by atoms with Crippen LogP contribution in [0.3, 0.4) is 0 Å². The average Bonchev–Trinajstić information content (AvgIpc) is 2.67. The molecule has 6 heteroatoms. The Kier molecular flexibility index (Phi) is 5.61. The van der Waals surface area contributed by atoms with Crippen molar-refractivity contribution in [3.05, 3.63) is 48.8 Å². The largest absolute Gasteiger partial charge is 0.479 e. The molecule has 0 radical (unpaired) electrons. The van der Waals surface area contributed by atoms with Gasteiger partial charge in [-0.3, -0.25) is 4.98 Å². The van der Waals surface area contributed by atoms with Crippen LogP contribution in [-0.2, 0) is 4.79 Å². The van der Waals surface area contributed by atoms with E-state index in [1.165, 1.54) is 5.69 Å². The Morgan fingerprint density at radius 1 is 1.19 bits per heavy atom. The van der Waals surface area contributed by atoms with Gasteiger partial charge in [0.15, 0.2) is 6.10 Å². The maximum Gasteiger partial charge on any atom is 0.344 e. The van der Waals surface area contributed by atoms with Gasteiger partial charge in [-0.1, -0.05) is 6.92 Å². The van der Waals surface area contributed by atoms with E-state index in [0.717, 1.165) is 25.3 Å². The number of aliphatic carboxylic acids is 1. The van der Waals surface area contributed by atoms with Gasteiger partial charge in [-0.15, -0.1) is 0 Å². The number of hydrogen-bond acceptors (Lipinski definition) is 5. The lowest BCUT2D eigenvalue weighted by Crippen LogP contribution is -2.52. The smallest absolute Gasteiger partial charge is 0.344 e. The lowest BCUT2D eigenvalue weighted by atomic mass is 10.1. The van der Waals surface area contributed by atoms with Crippen molar-refractivity contribution < 1.29 is 14.6 Å². The quantitative estimate of drug-likeness (QED) is 0.859. The van der Waals surface area contributed by atoms with Gasteiger partial charge in [0.1, 0.15) is 5.75 Å². The molecule has 0 saturated carbocycles. The molecular weight excluding hydrogens is 330 g/mol. The van der Waals surface area contributed by atoms with Crippen LogP contribution in [0.5, 0.6) is 5.75 Å². The van der Waals surface area contributed by atoms with Gasteiger partial charge >= 0.3 is 5.97 Å². The first-order valence-electron chi connectivity index (χ1n) is 8.99. The van der Waals surface area contributed by atoms with Crippen LogP contribution in [0.15, 0.2) is 48.8 Å². The first kappa shape index (κ1) is 18.0. The van der Waals surface area contributed by atoms with E-state index in [1.54, 1.807) is 6.92 Å². The van der Waals surface area contributed by atoms with Gasteiger partial charge < -0.3 is 19.6 Å². The third kappa shape index (κ3) is 4.07. The molecule has 3 rings (SSSR count). The molecule has 1 N–H and O–H groups in total. The zero-order valence-electron chi connectivity index (χ0n) is 15.2. The fourth-order valence-corrected chi connectivity index (χ4v) is 3.32. The van der Waals surface area contributed by atoms with Crippen LogP contribution in [0.25, 0.3) is 0 Å². The van der Waals surface area contributed by atoms with Crippen molar-refractivity contribution in [2.45, 2.75) is 32.4 Å². The SMILES string of the molecule is CCC(Oc1ccc(N2CCN(c3ccncc3)CC2C)cc1)C(=O)O. The number of hydrogen-bond donors (Lipinski definition) is 1. The molecule has 0 amide bonds. The molecule has 1 aliphatic rings. The van der Waals surface area contributed by atoms with Crippen LogP contribution in [0.2, 0.25) is 0 Å². The van der Waals surface area contributed by atoms with Gasteiger partial charge in [-0.2, -0.15) is 0 Å². The number of anilines is 2. The van der Waals surface area contributed by atoms with E-state index in [1.807, 2.05) is 48.8 Å². The fourth-order valence-electron chi connectivity index (χ4n) is 3.32. The van der Waals surface area contributed by atoms with E-state index in [4.69, 9.17) is 9.84 Å². The molecular formula is C20H25N3O3. The Hall–Kier alpha value is -2.76. The Labute approximate surface area is 154 Å². The number of pyridine rings is 1. The lowest BCUT2D eigenvalue weighted by molar-refractivity contribution is -0.145. The third-order valence-corrected chi connectivity index (χ3v) is 4.75.